The Balaban J connectivity index is 2.25. The number of aryl methyl sites for hydroxylation is 1. The van der Waals surface area contributed by atoms with Gasteiger partial charge in [0, 0.05) is 33.3 Å². The molecule has 0 spiro atoms. The molecule has 0 radical (unpaired) electrons. The van der Waals surface area contributed by atoms with Crippen LogP contribution in [0.4, 0.5) is 0 Å². The van der Waals surface area contributed by atoms with Crippen LogP contribution in [0.2, 0.25) is 0 Å². The average molecular weight is 302 g/mol. The SMILES string of the molecule is Cc1nc(C2CN(S(=O)(=O)N(C)C)CCO2)cc(=O)[nH]1. The van der Waals surface area contributed by atoms with Crippen molar-refractivity contribution >= 4 is 10.2 Å². The van der Waals surface area contributed by atoms with Crippen LogP contribution in [-0.4, -0.2) is 60.8 Å². The number of ether oxygens (including phenoxy) is 1. The summed E-state index contributed by atoms with van der Waals surface area (Å²) in [4.78, 5) is 18.2. The molecular formula is C11H18N4O4S. The van der Waals surface area contributed by atoms with Crippen molar-refractivity contribution in [3.63, 3.8) is 0 Å². The van der Waals surface area contributed by atoms with E-state index in [2.05, 4.69) is 9.97 Å². The molecule has 0 aliphatic carbocycles. The summed E-state index contributed by atoms with van der Waals surface area (Å²) in [5, 5.41) is 0. The van der Waals surface area contributed by atoms with Crippen molar-refractivity contribution in [1.82, 2.24) is 18.6 Å². The highest BCUT2D eigenvalue weighted by molar-refractivity contribution is 7.86. The second kappa shape index (κ2) is 5.60. The van der Waals surface area contributed by atoms with Crippen molar-refractivity contribution in [2.75, 3.05) is 33.8 Å². The monoisotopic (exact) mass is 302 g/mol. The number of hydrogen-bond donors (Lipinski definition) is 1. The Kier molecular flexibility index (Phi) is 4.23. The maximum atomic E-state index is 12.1. The molecule has 1 aliphatic rings. The smallest absolute Gasteiger partial charge is 0.281 e. The Bertz CT molecular complexity index is 640. The Morgan fingerprint density at radius 3 is 2.80 bits per heavy atom. The molecule has 0 saturated carbocycles. The van der Waals surface area contributed by atoms with Crippen molar-refractivity contribution in [2.45, 2.75) is 13.0 Å². The number of rotatable bonds is 3. The third kappa shape index (κ3) is 3.06. The van der Waals surface area contributed by atoms with Gasteiger partial charge in [-0.3, -0.25) is 4.79 Å². The first-order valence-electron chi connectivity index (χ1n) is 6.18. The van der Waals surface area contributed by atoms with Gasteiger partial charge in [0.2, 0.25) is 0 Å². The minimum absolute atomic E-state index is 0.149. The zero-order chi connectivity index (χ0) is 14.9. The first-order chi connectivity index (χ1) is 9.30. The molecule has 2 rings (SSSR count). The quantitative estimate of drug-likeness (QED) is 0.793. The first kappa shape index (κ1) is 15.1. The molecule has 1 aromatic rings. The summed E-state index contributed by atoms with van der Waals surface area (Å²) in [6.07, 6.45) is -0.528. The molecule has 1 aliphatic heterocycles. The molecule has 0 aromatic carbocycles. The minimum atomic E-state index is -3.49. The molecule has 1 fully saturated rings. The number of nitrogens with zero attached hydrogens (tertiary/aromatic N) is 3. The van der Waals surface area contributed by atoms with Crippen LogP contribution in [0.3, 0.4) is 0 Å². The highest BCUT2D eigenvalue weighted by Gasteiger charge is 2.32. The third-order valence-electron chi connectivity index (χ3n) is 3.03. The number of nitrogens with one attached hydrogen (secondary N) is 1. The van der Waals surface area contributed by atoms with Gasteiger partial charge in [0.15, 0.2) is 0 Å². The van der Waals surface area contributed by atoms with E-state index in [1.54, 1.807) is 6.92 Å². The number of H-pyrrole nitrogens is 1. The van der Waals surface area contributed by atoms with Crippen LogP contribution in [0, 0.1) is 6.92 Å². The summed E-state index contributed by atoms with van der Waals surface area (Å²) >= 11 is 0. The summed E-state index contributed by atoms with van der Waals surface area (Å²) in [7, 11) is -0.525. The molecule has 1 atom stereocenters. The van der Waals surface area contributed by atoms with E-state index in [1.807, 2.05) is 0 Å². The summed E-state index contributed by atoms with van der Waals surface area (Å²) in [6, 6.07) is 1.34. The third-order valence-corrected chi connectivity index (χ3v) is 4.93. The van der Waals surface area contributed by atoms with E-state index in [1.165, 1.54) is 24.5 Å². The molecule has 112 valence electrons. The Morgan fingerprint density at radius 1 is 1.50 bits per heavy atom. The summed E-state index contributed by atoms with van der Waals surface area (Å²) < 4.78 is 32.2. The van der Waals surface area contributed by atoms with Crippen LogP contribution in [-0.2, 0) is 14.9 Å². The van der Waals surface area contributed by atoms with Gasteiger partial charge in [-0.25, -0.2) is 4.98 Å². The van der Waals surface area contributed by atoms with E-state index in [9.17, 15) is 13.2 Å². The lowest BCUT2D eigenvalue weighted by Gasteiger charge is -2.33. The van der Waals surface area contributed by atoms with Gasteiger partial charge in [-0.2, -0.15) is 17.0 Å². The standard InChI is InChI=1S/C11H18N4O4S/c1-8-12-9(6-11(16)13-8)10-7-15(4-5-19-10)20(17,18)14(2)3/h6,10H,4-5,7H2,1-3H3,(H,12,13,16). The van der Waals surface area contributed by atoms with Crippen molar-refractivity contribution in [2.24, 2.45) is 0 Å². The van der Waals surface area contributed by atoms with Crippen LogP contribution in [0.15, 0.2) is 10.9 Å². The lowest BCUT2D eigenvalue weighted by molar-refractivity contribution is -0.00644. The zero-order valence-electron chi connectivity index (χ0n) is 11.7. The molecule has 0 bridgehead atoms. The van der Waals surface area contributed by atoms with Gasteiger partial charge in [-0.15, -0.1) is 0 Å². The van der Waals surface area contributed by atoms with Gasteiger partial charge in [0.25, 0.3) is 15.8 Å². The molecule has 0 amide bonds. The molecule has 9 heteroatoms. The lowest BCUT2D eigenvalue weighted by atomic mass is 10.2. The Hall–Kier alpha value is -1.29. The van der Waals surface area contributed by atoms with Crippen LogP contribution < -0.4 is 5.56 Å². The van der Waals surface area contributed by atoms with E-state index in [0.717, 1.165) is 4.31 Å². The van der Waals surface area contributed by atoms with Crippen LogP contribution >= 0.6 is 0 Å². The van der Waals surface area contributed by atoms with Gasteiger partial charge in [-0.1, -0.05) is 0 Å². The molecule has 1 aromatic heterocycles. The predicted molar refractivity (Wildman–Crippen MR) is 72.5 cm³/mol. The zero-order valence-corrected chi connectivity index (χ0v) is 12.5. The highest BCUT2D eigenvalue weighted by atomic mass is 32.2. The van der Waals surface area contributed by atoms with E-state index in [4.69, 9.17) is 4.74 Å². The Labute approximate surface area is 117 Å². The summed E-state index contributed by atoms with van der Waals surface area (Å²) in [5.41, 5.74) is 0.175. The van der Waals surface area contributed by atoms with Crippen LogP contribution in [0.1, 0.15) is 17.6 Å². The molecular weight excluding hydrogens is 284 g/mol. The number of aromatic amines is 1. The van der Waals surface area contributed by atoms with E-state index in [0.29, 0.717) is 18.1 Å². The van der Waals surface area contributed by atoms with Gasteiger partial charge >= 0.3 is 0 Å². The predicted octanol–water partition coefficient (Wildman–Crippen LogP) is -0.742. The molecule has 8 nitrogen and oxygen atoms in total. The van der Waals surface area contributed by atoms with Crippen molar-refractivity contribution < 1.29 is 13.2 Å². The summed E-state index contributed by atoms with van der Waals surface area (Å²) in [6.45, 7) is 2.38. The highest BCUT2D eigenvalue weighted by Crippen LogP contribution is 2.22. The van der Waals surface area contributed by atoms with Crippen molar-refractivity contribution in [1.29, 1.82) is 0 Å². The van der Waals surface area contributed by atoms with E-state index < -0.39 is 16.3 Å². The first-order valence-corrected chi connectivity index (χ1v) is 7.57. The second-order valence-corrected chi connectivity index (χ2v) is 6.91. The fraction of sp³-hybridized carbons (Fsp3) is 0.636. The molecule has 1 saturated heterocycles. The van der Waals surface area contributed by atoms with E-state index in [-0.39, 0.29) is 18.7 Å². The number of morpholine rings is 1. The van der Waals surface area contributed by atoms with E-state index >= 15 is 0 Å². The maximum absolute atomic E-state index is 12.1. The number of aromatic nitrogens is 2. The summed E-state index contributed by atoms with van der Waals surface area (Å²) in [5.74, 6) is 0.476. The van der Waals surface area contributed by atoms with Gasteiger partial charge in [0.1, 0.15) is 11.9 Å². The topological polar surface area (TPSA) is 95.6 Å². The fourth-order valence-electron chi connectivity index (χ4n) is 2.01. The van der Waals surface area contributed by atoms with Gasteiger partial charge in [0.05, 0.1) is 12.3 Å². The van der Waals surface area contributed by atoms with Crippen LogP contribution in [0.5, 0.6) is 0 Å². The van der Waals surface area contributed by atoms with Crippen LogP contribution in [0.25, 0.3) is 0 Å². The van der Waals surface area contributed by atoms with Gasteiger partial charge < -0.3 is 9.72 Å². The second-order valence-electron chi connectivity index (χ2n) is 4.76. The lowest BCUT2D eigenvalue weighted by Crippen LogP contribution is -2.47. The van der Waals surface area contributed by atoms with Crippen molar-refractivity contribution in [3.05, 3.63) is 27.9 Å². The molecule has 20 heavy (non-hydrogen) atoms. The van der Waals surface area contributed by atoms with Crippen molar-refractivity contribution in [3.8, 4) is 0 Å². The maximum Gasteiger partial charge on any atom is 0.281 e. The Morgan fingerprint density at radius 2 is 2.20 bits per heavy atom. The molecule has 2 heterocycles. The average Bonchev–Trinajstić information content (AvgIpc) is 2.37. The molecule has 1 N–H and O–H groups in total. The molecule has 1 unspecified atom stereocenters. The fourth-order valence-corrected chi connectivity index (χ4v) is 3.10. The van der Waals surface area contributed by atoms with Gasteiger partial charge in [-0.05, 0) is 6.92 Å². The largest absolute Gasteiger partial charge is 0.369 e. The number of hydrogen-bond acceptors (Lipinski definition) is 5. The minimum Gasteiger partial charge on any atom is -0.369 e. The normalized spacial score (nSPS) is 21.3.